The van der Waals surface area contributed by atoms with Crippen LogP contribution in [0, 0.1) is 17.8 Å². The lowest BCUT2D eigenvalue weighted by Gasteiger charge is -2.60. The summed E-state index contributed by atoms with van der Waals surface area (Å²) in [5, 5.41) is 45.1. The van der Waals surface area contributed by atoms with Crippen LogP contribution in [0.25, 0.3) is 11.8 Å². The number of carbonyl (C=O) groups excluding carboxylic acids is 1. The van der Waals surface area contributed by atoms with E-state index in [1.54, 1.807) is 12.3 Å². The summed E-state index contributed by atoms with van der Waals surface area (Å²) < 4.78 is 23.7. The number of fused-ring (bicyclic) bond motifs is 4. The second-order valence-electron chi connectivity index (χ2n) is 10.9. The average molecular weight is 543 g/mol. The molecule has 11 heteroatoms. The first kappa shape index (κ1) is 26.3. The standard InChI is InChI=1S/C28H32NO10/c1-36-24(33)18-10-14-4-2-3-5-15(17(18)11-22(31)32)23(14)39-26-27(35)8-6-19-16-7-9-29-20(16)13-37-28(19,25(27)34)21(12-30)38-26/h3,5,7,9-10,13-15,17,21,23,25-26,30,34-35H,2,4,6,8,11-12H2,1H3,(H,31,32)/q-1/t14-,15+,17-,21+,23+,25+,26-,27+,28+/m0/s1. The molecule has 1 aromatic heterocycles. The predicted octanol–water partition coefficient (Wildman–Crippen LogP) is -0.924. The Morgan fingerprint density at radius 1 is 1.31 bits per heavy atom. The minimum atomic E-state index is -1.89. The van der Waals surface area contributed by atoms with E-state index >= 15 is 0 Å². The number of allylic oxidation sites excluding steroid dienone is 1. The molecule has 9 atom stereocenters. The van der Waals surface area contributed by atoms with Gasteiger partial charge in [0.05, 0.1) is 32.5 Å². The zero-order valence-electron chi connectivity index (χ0n) is 21.4. The van der Waals surface area contributed by atoms with Crippen molar-refractivity contribution in [3.63, 3.8) is 0 Å². The maximum Gasteiger partial charge on any atom is 0.333 e. The fraction of sp³-hybridized carbons (Fsp3) is 0.571. The third-order valence-corrected chi connectivity index (χ3v) is 9.07. The van der Waals surface area contributed by atoms with E-state index in [2.05, 4.69) is 4.98 Å². The summed E-state index contributed by atoms with van der Waals surface area (Å²) in [5.41, 5.74) is -2.41. The first-order chi connectivity index (χ1) is 18.7. The minimum Gasteiger partial charge on any atom is -0.661 e. The third kappa shape index (κ3) is 3.82. The largest absolute Gasteiger partial charge is 0.661 e. The van der Waals surface area contributed by atoms with Crippen molar-refractivity contribution < 1.29 is 49.0 Å². The molecule has 3 heterocycles. The van der Waals surface area contributed by atoms with Crippen LogP contribution < -0.4 is 15.6 Å². The molecule has 0 aromatic carbocycles. The molecule has 0 radical (unpaired) electrons. The van der Waals surface area contributed by atoms with Crippen LogP contribution in [0.1, 0.15) is 32.1 Å². The van der Waals surface area contributed by atoms with Crippen molar-refractivity contribution in [2.75, 3.05) is 13.7 Å². The number of carboxylic acid groups (broad SMARTS) is 1. The molecule has 0 amide bonds. The van der Waals surface area contributed by atoms with Gasteiger partial charge in [-0.3, -0.25) is 4.79 Å². The minimum absolute atomic E-state index is 0.0990. The Hall–Kier alpha value is -2.96. The number of aromatic nitrogens is 1. The van der Waals surface area contributed by atoms with Gasteiger partial charge in [-0.25, -0.2) is 4.79 Å². The number of nitrogens with zero attached hydrogens (tertiary/aromatic N) is 1. The van der Waals surface area contributed by atoms with Crippen molar-refractivity contribution in [1.29, 1.82) is 0 Å². The Morgan fingerprint density at radius 3 is 2.87 bits per heavy atom. The van der Waals surface area contributed by atoms with Crippen molar-refractivity contribution in [3.05, 3.63) is 46.6 Å². The number of aliphatic hydroxyl groups is 3. The molecule has 6 rings (SSSR count). The van der Waals surface area contributed by atoms with Gasteiger partial charge in [-0.1, -0.05) is 29.6 Å². The first-order valence-corrected chi connectivity index (χ1v) is 13.2. The van der Waals surface area contributed by atoms with E-state index in [1.165, 1.54) is 13.4 Å². The van der Waals surface area contributed by atoms with Crippen LogP contribution >= 0.6 is 0 Å². The van der Waals surface area contributed by atoms with Crippen LogP contribution in [0.5, 0.6) is 0 Å². The van der Waals surface area contributed by atoms with Crippen LogP contribution in [0.15, 0.2) is 36.1 Å². The third-order valence-electron chi connectivity index (χ3n) is 9.07. The number of carboxylic acids is 1. The van der Waals surface area contributed by atoms with E-state index in [4.69, 9.17) is 18.9 Å². The lowest BCUT2D eigenvalue weighted by atomic mass is 9.63. The molecule has 3 aliphatic carbocycles. The van der Waals surface area contributed by atoms with Gasteiger partial charge in [0.2, 0.25) is 0 Å². The quantitative estimate of drug-likeness (QED) is 0.259. The summed E-state index contributed by atoms with van der Waals surface area (Å²) in [7, 11) is 1.26. The molecule has 2 aliphatic heterocycles. The first-order valence-electron chi connectivity index (χ1n) is 13.2. The number of hydrogen-bond donors (Lipinski definition) is 4. The second kappa shape index (κ2) is 9.60. The summed E-state index contributed by atoms with van der Waals surface area (Å²) in [4.78, 5) is 28.7. The summed E-state index contributed by atoms with van der Waals surface area (Å²) in [6.45, 7) is -0.515. The zero-order valence-corrected chi connectivity index (χ0v) is 21.4. The highest BCUT2D eigenvalue weighted by molar-refractivity contribution is 5.90. The molecule has 1 saturated carbocycles. The summed E-state index contributed by atoms with van der Waals surface area (Å²) in [5.74, 6) is -3.21. The lowest BCUT2D eigenvalue weighted by Crippen LogP contribution is -2.77. The highest BCUT2D eigenvalue weighted by atomic mass is 16.7. The van der Waals surface area contributed by atoms with Crippen LogP contribution in [0.3, 0.4) is 0 Å². The van der Waals surface area contributed by atoms with Crippen molar-refractivity contribution >= 4 is 23.8 Å². The van der Waals surface area contributed by atoms with E-state index < -0.39 is 66.2 Å². The van der Waals surface area contributed by atoms with E-state index in [-0.39, 0.29) is 18.8 Å². The van der Waals surface area contributed by atoms with Gasteiger partial charge in [0.1, 0.15) is 17.8 Å². The smallest absolute Gasteiger partial charge is 0.333 e. The predicted molar refractivity (Wildman–Crippen MR) is 133 cm³/mol. The maximum absolute atomic E-state index is 12.6. The van der Waals surface area contributed by atoms with Gasteiger partial charge in [0, 0.05) is 23.3 Å². The Morgan fingerprint density at radius 2 is 2.13 bits per heavy atom. The van der Waals surface area contributed by atoms with E-state index in [0.717, 1.165) is 5.22 Å². The highest BCUT2D eigenvalue weighted by Crippen LogP contribution is 2.53. The van der Waals surface area contributed by atoms with Gasteiger partial charge in [-0.2, -0.15) is 6.20 Å². The van der Waals surface area contributed by atoms with Crippen LogP contribution in [-0.2, 0) is 28.5 Å². The average Bonchev–Trinajstić information content (AvgIpc) is 3.34. The molecule has 1 aromatic rings. The number of hydrogen-bond acceptors (Lipinski definition) is 9. The van der Waals surface area contributed by atoms with Crippen molar-refractivity contribution in [2.45, 2.75) is 67.9 Å². The number of methoxy groups -OCH3 is 1. The van der Waals surface area contributed by atoms with Gasteiger partial charge in [0.15, 0.2) is 11.9 Å². The number of carbonyl (C=O) groups is 2. The number of esters is 1. The Bertz CT molecular complexity index is 1350. The van der Waals surface area contributed by atoms with Crippen molar-refractivity contribution in [1.82, 2.24) is 4.98 Å². The summed E-state index contributed by atoms with van der Waals surface area (Å²) >= 11 is 0. The van der Waals surface area contributed by atoms with Gasteiger partial charge in [0.25, 0.3) is 0 Å². The number of ether oxygens (including phenoxy) is 4. The molecule has 11 nitrogen and oxygen atoms in total. The molecule has 4 bridgehead atoms. The Balaban J connectivity index is 1.38. The number of aliphatic carboxylic acids is 1. The molecule has 5 aliphatic rings. The second-order valence-corrected chi connectivity index (χ2v) is 10.9. The molecular formula is C28H32NO10-. The fourth-order valence-electron chi connectivity index (χ4n) is 7.22. The molecule has 210 valence electrons. The maximum atomic E-state index is 12.6. The fourth-order valence-corrected chi connectivity index (χ4v) is 7.22. The van der Waals surface area contributed by atoms with E-state index in [9.17, 15) is 30.0 Å². The molecule has 4 N–H and O–H groups in total. The summed E-state index contributed by atoms with van der Waals surface area (Å²) in [6, 6.07) is 1.81. The van der Waals surface area contributed by atoms with E-state index in [0.29, 0.717) is 35.8 Å². The number of rotatable bonds is 6. The molecule has 1 spiro atoms. The molecule has 1 saturated heterocycles. The van der Waals surface area contributed by atoms with Gasteiger partial charge < -0.3 is 44.4 Å². The van der Waals surface area contributed by atoms with Gasteiger partial charge >= 0.3 is 11.9 Å². The Kier molecular flexibility index (Phi) is 6.47. The van der Waals surface area contributed by atoms with Crippen molar-refractivity contribution in [2.24, 2.45) is 17.8 Å². The zero-order chi connectivity index (χ0) is 27.5. The van der Waals surface area contributed by atoms with Crippen LogP contribution in [0.4, 0.5) is 0 Å². The molecule has 2 fully saturated rings. The van der Waals surface area contributed by atoms with Crippen molar-refractivity contribution in [3.8, 4) is 0 Å². The van der Waals surface area contributed by atoms with Crippen LogP contribution in [0.2, 0.25) is 0 Å². The normalized spacial score (nSPS) is 40.3. The SMILES string of the molecule is COC(=O)C1=C[C@@H]2CCC=C[C@@H]([C@@H]2O[C@@H]2O[C@H](CO)[C@]34OC=c5[n-]ccc5=C3CC[C@@]2(O)[C@H]4O)[C@@H]1CC(=O)O. The van der Waals surface area contributed by atoms with E-state index in [1.807, 2.05) is 18.2 Å². The molecule has 39 heavy (non-hydrogen) atoms. The van der Waals surface area contributed by atoms with Gasteiger partial charge in [-0.05, 0) is 36.5 Å². The summed E-state index contributed by atoms with van der Waals surface area (Å²) in [6.07, 6.45) is 5.43. The molecular weight excluding hydrogens is 510 g/mol. The van der Waals surface area contributed by atoms with Gasteiger partial charge in [-0.15, -0.1) is 0 Å². The highest BCUT2D eigenvalue weighted by Gasteiger charge is 2.69. The Labute approximate surface area is 224 Å². The number of aliphatic hydroxyl groups excluding tert-OH is 2. The topological polar surface area (TPSA) is 166 Å². The van der Waals surface area contributed by atoms with Crippen LogP contribution in [-0.4, -0.2) is 81.9 Å². The lowest BCUT2D eigenvalue weighted by molar-refractivity contribution is -0.374. The monoisotopic (exact) mass is 542 g/mol. The molecule has 0 unspecified atom stereocenters.